The summed E-state index contributed by atoms with van der Waals surface area (Å²) in [7, 11) is 1.67. The van der Waals surface area contributed by atoms with Crippen LogP contribution in [0.15, 0.2) is 48.5 Å². The third-order valence-electron chi connectivity index (χ3n) is 4.07. The van der Waals surface area contributed by atoms with Crippen molar-refractivity contribution in [1.82, 2.24) is 5.32 Å². The molecule has 0 fully saturated rings. The van der Waals surface area contributed by atoms with Gasteiger partial charge in [0.15, 0.2) is 0 Å². The molecule has 0 saturated heterocycles. The van der Waals surface area contributed by atoms with Gasteiger partial charge in [0.1, 0.15) is 5.75 Å². The number of methoxy groups -OCH3 is 1. The Kier molecular flexibility index (Phi) is 6.02. The second-order valence-corrected chi connectivity index (χ2v) is 6.90. The van der Waals surface area contributed by atoms with E-state index < -0.39 is 0 Å². The summed E-state index contributed by atoms with van der Waals surface area (Å²) in [5.74, 6) is 0.969. The maximum Gasteiger partial charge on any atom is 0.220 e. The molecular formula is C21H27NO2. The summed E-state index contributed by atoms with van der Waals surface area (Å²) in [6.45, 7) is 6.15. The Labute approximate surface area is 145 Å². The predicted octanol–water partition coefficient (Wildman–Crippen LogP) is 4.07. The summed E-state index contributed by atoms with van der Waals surface area (Å²) < 4.78 is 5.27. The van der Waals surface area contributed by atoms with E-state index in [0.717, 1.165) is 29.7 Å². The molecule has 3 nitrogen and oxygen atoms in total. The van der Waals surface area contributed by atoms with Crippen LogP contribution in [0, 0.1) is 6.92 Å². The Morgan fingerprint density at radius 2 is 1.79 bits per heavy atom. The van der Waals surface area contributed by atoms with Crippen molar-refractivity contribution in [2.45, 2.75) is 45.6 Å². The summed E-state index contributed by atoms with van der Waals surface area (Å²) in [4.78, 5) is 12.3. The molecule has 128 valence electrons. The highest BCUT2D eigenvalue weighted by Crippen LogP contribution is 2.19. The molecule has 24 heavy (non-hydrogen) atoms. The van der Waals surface area contributed by atoms with Gasteiger partial charge in [-0.05, 0) is 56.4 Å². The number of nitrogens with one attached hydrogen (secondary N) is 1. The lowest BCUT2D eigenvalue weighted by Crippen LogP contribution is -2.45. The second kappa shape index (κ2) is 8.00. The van der Waals surface area contributed by atoms with Crippen molar-refractivity contribution in [2.24, 2.45) is 0 Å². The van der Waals surface area contributed by atoms with Gasteiger partial charge in [0, 0.05) is 12.0 Å². The van der Waals surface area contributed by atoms with Crippen LogP contribution in [-0.2, 0) is 17.6 Å². The molecule has 3 heteroatoms. The smallest absolute Gasteiger partial charge is 0.220 e. The monoisotopic (exact) mass is 325 g/mol. The lowest BCUT2D eigenvalue weighted by atomic mass is 9.94. The normalized spacial score (nSPS) is 11.2. The van der Waals surface area contributed by atoms with E-state index in [4.69, 9.17) is 4.74 Å². The molecule has 1 amide bonds. The molecule has 0 bridgehead atoms. The SMILES string of the molecule is COc1ccc(CCC(=O)NC(C)(C)Cc2ccccc2)cc1C. The molecule has 0 unspecified atom stereocenters. The number of benzene rings is 2. The molecule has 0 aliphatic rings. The van der Waals surface area contributed by atoms with Crippen LogP contribution in [0.3, 0.4) is 0 Å². The summed E-state index contributed by atoms with van der Waals surface area (Å²) in [6, 6.07) is 16.3. The molecule has 2 aromatic carbocycles. The van der Waals surface area contributed by atoms with E-state index in [1.807, 2.05) is 37.3 Å². The molecule has 0 aliphatic heterocycles. The van der Waals surface area contributed by atoms with Crippen LogP contribution in [-0.4, -0.2) is 18.6 Å². The number of carbonyl (C=O) groups excluding carboxylic acids is 1. The quantitative estimate of drug-likeness (QED) is 0.833. The fraction of sp³-hybridized carbons (Fsp3) is 0.381. The van der Waals surface area contributed by atoms with Crippen molar-refractivity contribution in [1.29, 1.82) is 0 Å². The van der Waals surface area contributed by atoms with Gasteiger partial charge < -0.3 is 10.1 Å². The molecule has 0 saturated carbocycles. The van der Waals surface area contributed by atoms with Crippen LogP contribution in [0.1, 0.15) is 37.0 Å². The van der Waals surface area contributed by atoms with Gasteiger partial charge in [-0.2, -0.15) is 0 Å². The van der Waals surface area contributed by atoms with Crippen LogP contribution >= 0.6 is 0 Å². The van der Waals surface area contributed by atoms with Crippen LogP contribution in [0.4, 0.5) is 0 Å². The van der Waals surface area contributed by atoms with Crippen LogP contribution in [0.2, 0.25) is 0 Å². The number of amides is 1. The van der Waals surface area contributed by atoms with E-state index in [9.17, 15) is 4.79 Å². The summed E-state index contributed by atoms with van der Waals surface area (Å²) in [5.41, 5.74) is 3.23. The molecule has 0 aromatic heterocycles. The molecular weight excluding hydrogens is 298 g/mol. The summed E-state index contributed by atoms with van der Waals surface area (Å²) in [6.07, 6.45) is 2.04. The summed E-state index contributed by atoms with van der Waals surface area (Å²) in [5, 5.41) is 3.15. The molecule has 0 radical (unpaired) electrons. The highest BCUT2D eigenvalue weighted by Gasteiger charge is 2.20. The average molecular weight is 325 g/mol. The third kappa shape index (κ3) is 5.41. The van der Waals surface area contributed by atoms with Gasteiger partial charge in [0.2, 0.25) is 5.91 Å². The Balaban J connectivity index is 1.87. The van der Waals surface area contributed by atoms with Crippen molar-refractivity contribution in [2.75, 3.05) is 7.11 Å². The molecule has 2 aromatic rings. The zero-order valence-corrected chi connectivity index (χ0v) is 15.1. The van der Waals surface area contributed by atoms with Crippen molar-refractivity contribution in [3.8, 4) is 5.75 Å². The second-order valence-electron chi connectivity index (χ2n) is 6.90. The number of hydrogen-bond acceptors (Lipinski definition) is 2. The van der Waals surface area contributed by atoms with E-state index >= 15 is 0 Å². The van der Waals surface area contributed by atoms with Crippen molar-refractivity contribution in [3.63, 3.8) is 0 Å². The molecule has 0 spiro atoms. The minimum atomic E-state index is -0.256. The van der Waals surface area contributed by atoms with E-state index in [-0.39, 0.29) is 11.4 Å². The van der Waals surface area contributed by atoms with E-state index in [1.54, 1.807) is 7.11 Å². The maximum atomic E-state index is 12.3. The lowest BCUT2D eigenvalue weighted by Gasteiger charge is -2.26. The van der Waals surface area contributed by atoms with Crippen molar-refractivity contribution >= 4 is 5.91 Å². The number of hydrogen-bond donors (Lipinski definition) is 1. The zero-order valence-electron chi connectivity index (χ0n) is 15.1. The van der Waals surface area contributed by atoms with Gasteiger partial charge in [0.05, 0.1) is 7.11 Å². The largest absolute Gasteiger partial charge is 0.496 e. The first-order valence-corrected chi connectivity index (χ1v) is 8.38. The zero-order chi connectivity index (χ0) is 17.6. The first kappa shape index (κ1) is 18.1. The topological polar surface area (TPSA) is 38.3 Å². The van der Waals surface area contributed by atoms with Crippen molar-refractivity contribution < 1.29 is 9.53 Å². The lowest BCUT2D eigenvalue weighted by molar-refractivity contribution is -0.122. The average Bonchev–Trinajstić information content (AvgIpc) is 2.53. The maximum absolute atomic E-state index is 12.3. The highest BCUT2D eigenvalue weighted by atomic mass is 16.5. The van der Waals surface area contributed by atoms with Gasteiger partial charge in [-0.3, -0.25) is 4.79 Å². The Morgan fingerprint density at radius 3 is 2.42 bits per heavy atom. The van der Waals surface area contributed by atoms with Crippen molar-refractivity contribution in [3.05, 3.63) is 65.2 Å². The molecule has 0 heterocycles. The van der Waals surface area contributed by atoms with Crippen LogP contribution < -0.4 is 10.1 Å². The first-order chi connectivity index (χ1) is 11.4. The van der Waals surface area contributed by atoms with E-state index in [2.05, 4.69) is 37.4 Å². The number of rotatable bonds is 7. The minimum absolute atomic E-state index is 0.0874. The number of ether oxygens (including phenoxy) is 1. The van der Waals surface area contributed by atoms with Gasteiger partial charge in [-0.15, -0.1) is 0 Å². The fourth-order valence-corrected chi connectivity index (χ4v) is 2.94. The Bertz CT molecular complexity index is 677. The summed E-state index contributed by atoms with van der Waals surface area (Å²) >= 11 is 0. The number of carbonyl (C=O) groups is 1. The predicted molar refractivity (Wildman–Crippen MR) is 98.4 cm³/mol. The highest BCUT2D eigenvalue weighted by molar-refractivity contribution is 5.77. The van der Waals surface area contributed by atoms with Gasteiger partial charge in [-0.25, -0.2) is 0 Å². The van der Waals surface area contributed by atoms with E-state index in [0.29, 0.717) is 6.42 Å². The molecule has 0 aliphatic carbocycles. The van der Waals surface area contributed by atoms with Crippen LogP contribution in [0.5, 0.6) is 5.75 Å². The third-order valence-corrected chi connectivity index (χ3v) is 4.07. The van der Waals surface area contributed by atoms with Gasteiger partial charge in [0.25, 0.3) is 0 Å². The standard InChI is InChI=1S/C21H27NO2/c1-16-14-17(10-12-19(16)24-4)11-13-20(23)22-21(2,3)15-18-8-6-5-7-9-18/h5-10,12,14H,11,13,15H2,1-4H3,(H,22,23). The first-order valence-electron chi connectivity index (χ1n) is 8.38. The number of aryl methyl sites for hydroxylation is 2. The van der Waals surface area contributed by atoms with Gasteiger partial charge >= 0.3 is 0 Å². The Hall–Kier alpha value is -2.29. The van der Waals surface area contributed by atoms with Crippen LogP contribution in [0.25, 0.3) is 0 Å². The molecule has 1 N–H and O–H groups in total. The fourth-order valence-electron chi connectivity index (χ4n) is 2.94. The van der Waals surface area contributed by atoms with E-state index in [1.165, 1.54) is 5.56 Å². The minimum Gasteiger partial charge on any atom is -0.496 e. The molecule has 2 rings (SSSR count). The van der Waals surface area contributed by atoms with Gasteiger partial charge in [-0.1, -0.05) is 42.5 Å². The molecule has 0 atom stereocenters. The Morgan fingerprint density at radius 1 is 1.08 bits per heavy atom.